The van der Waals surface area contributed by atoms with Crippen LogP contribution in [-0.4, -0.2) is 53.0 Å². The molecule has 0 saturated carbocycles. The summed E-state index contributed by atoms with van der Waals surface area (Å²) in [6.07, 6.45) is 8.44. The normalized spacial score (nSPS) is 14.9. The average Bonchev–Trinajstić information content (AvgIpc) is 2.66. The van der Waals surface area contributed by atoms with Gasteiger partial charge in [-0.1, -0.05) is 11.6 Å². The van der Waals surface area contributed by atoms with Gasteiger partial charge < -0.3 is 10.2 Å². The van der Waals surface area contributed by atoms with Gasteiger partial charge in [-0.15, -0.1) is 0 Å². The molecule has 0 bridgehead atoms. The highest BCUT2D eigenvalue weighted by Gasteiger charge is 2.15. The van der Waals surface area contributed by atoms with Gasteiger partial charge in [-0.05, 0) is 83.4 Å². The third-order valence-electron chi connectivity index (χ3n) is 4.62. The van der Waals surface area contributed by atoms with Gasteiger partial charge in [0.15, 0.2) is 0 Å². The highest BCUT2D eigenvalue weighted by atomic mass is 32.2. The molecule has 0 aromatic heterocycles. The first kappa shape index (κ1) is 21.6. The first-order valence-corrected chi connectivity index (χ1v) is 11.1. The Bertz CT molecular complexity index is 740. The maximum Gasteiger partial charge on any atom is 0.251 e. The zero-order valence-corrected chi connectivity index (χ0v) is 17.1. The summed E-state index contributed by atoms with van der Waals surface area (Å²) in [6.45, 7) is 1.90. The summed E-state index contributed by atoms with van der Waals surface area (Å²) < 4.78 is 27.4. The fourth-order valence-corrected chi connectivity index (χ4v) is 4.08. The Morgan fingerprint density at radius 2 is 1.85 bits per heavy atom. The number of benzene rings is 1. The van der Waals surface area contributed by atoms with E-state index >= 15 is 0 Å². The van der Waals surface area contributed by atoms with Crippen LogP contribution in [0.5, 0.6) is 0 Å². The van der Waals surface area contributed by atoms with Crippen molar-refractivity contribution >= 4 is 15.9 Å². The Hall–Kier alpha value is -1.70. The number of sulfonamides is 1. The molecule has 1 aromatic carbocycles. The maximum absolute atomic E-state index is 12.4. The van der Waals surface area contributed by atoms with E-state index in [0.717, 1.165) is 32.2 Å². The summed E-state index contributed by atoms with van der Waals surface area (Å²) in [6, 6.07) is 6.08. The summed E-state index contributed by atoms with van der Waals surface area (Å²) in [5, 5.41) is 2.85. The van der Waals surface area contributed by atoms with Gasteiger partial charge in [0.25, 0.3) is 5.91 Å². The van der Waals surface area contributed by atoms with Crippen LogP contribution in [0.15, 0.2) is 40.8 Å². The lowest BCUT2D eigenvalue weighted by molar-refractivity contribution is 0.0952. The van der Waals surface area contributed by atoms with E-state index in [9.17, 15) is 13.2 Å². The quantitative estimate of drug-likeness (QED) is 0.473. The SMILES string of the molecule is CN(C)CCCNC(=O)c1ccc(S(=O)(=O)NCCC2=CCCCC2)cc1. The van der Waals surface area contributed by atoms with Crippen LogP contribution in [-0.2, 0) is 10.0 Å². The zero-order valence-electron chi connectivity index (χ0n) is 16.3. The van der Waals surface area contributed by atoms with Gasteiger partial charge in [-0.2, -0.15) is 0 Å². The molecule has 6 nitrogen and oxygen atoms in total. The molecule has 0 fully saturated rings. The number of nitrogens with zero attached hydrogens (tertiary/aromatic N) is 1. The van der Waals surface area contributed by atoms with E-state index < -0.39 is 10.0 Å². The van der Waals surface area contributed by atoms with E-state index in [1.54, 1.807) is 12.1 Å². The molecule has 7 heteroatoms. The number of rotatable bonds is 10. The number of carbonyl (C=O) groups is 1. The van der Waals surface area contributed by atoms with Gasteiger partial charge >= 0.3 is 0 Å². The average molecular weight is 394 g/mol. The predicted molar refractivity (Wildman–Crippen MR) is 108 cm³/mol. The number of carbonyl (C=O) groups excluding carboxylic acids is 1. The summed E-state index contributed by atoms with van der Waals surface area (Å²) in [5.41, 5.74) is 1.80. The van der Waals surface area contributed by atoms with Crippen LogP contribution < -0.4 is 10.0 Å². The molecule has 150 valence electrons. The predicted octanol–water partition coefficient (Wildman–Crippen LogP) is 2.54. The molecule has 2 rings (SSSR count). The van der Waals surface area contributed by atoms with Crippen molar-refractivity contribution in [2.24, 2.45) is 0 Å². The summed E-state index contributed by atoms with van der Waals surface area (Å²) in [4.78, 5) is 14.3. The molecular formula is C20H31N3O3S. The van der Waals surface area contributed by atoms with Crippen molar-refractivity contribution in [2.75, 3.05) is 33.7 Å². The van der Waals surface area contributed by atoms with Crippen LogP contribution in [0.1, 0.15) is 48.9 Å². The van der Waals surface area contributed by atoms with Crippen molar-refractivity contribution in [1.29, 1.82) is 0 Å². The van der Waals surface area contributed by atoms with E-state index in [1.807, 2.05) is 14.1 Å². The highest BCUT2D eigenvalue weighted by Crippen LogP contribution is 2.19. The Morgan fingerprint density at radius 3 is 2.48 bits per heavy atom. The van der Waals surface area contributed by atoms with Gasteiger partial charge in [-0.3, -0.25) is 4.79 Å². The molecule has 0 aliphatic heterocycles. The number of amides is 1. The summed E-state index contributed by atoms with van der Waals surface area (Å²) in [7, 11) is 0.426. The molecule has 1 aromatic rings. The van der Waals surface area contributed by atoms with Crippen LogP contribution in [0.25, 0.3) is 0 Å². The van der Waals surface area contributed by atoms with Crippen molar-refractivity contribution in [3.63, 3.8) is 0 Å². The molecule has 27 heavy (non-hydrogen) atoms. The molecule has 0 unspecified atom stereocenters. The molecule has 2 N–H and O–H groups in total. The minimum absolute atomic E-state index is 0.185. The van der Waals surface area contributed by atoms with Crippen LogP contribution in [0.4, 0.5) is 0 Å². The molecule has 1 aliphatic carbocycles. The van der Waals surface area contributed by atoms with Crippen molar-refractivity contribution < 1.29 is 13.2 Å². The number of hydrogen-bond donors (Lipinski definition) is 2. The van der Waals surface area contributed by atoms with E-state index in [4.69, 9.17) is 0 Å². The van der Waals surface area contributed by atoms with Crippen molar-refractivity contribution in [1.82, 2.24) is 14.9 Å². The van der Waals surface area contributed by atoms with E-state index in [2.05, 4.69) is 21.0 Å². The molecule has 1 aliphatic rings. The second kappa shape index (κ2) is 10.6. The lowest BCUT2D eigenvalue weighted by Gasteiger charge is -2.13. The smallest absolute Gasteiger partial charge is 0.251 e. The minimum Gasteiger partial charge on any atom is -0.352 e. The van der Waals surface area contributed by atoms with Crippen molar-refractivity contribution in [3.05, 3.63) is 41.5 Å². The first-order chi connectivity index (χ1) is 12.9. The minimum atomic E-state index is -3.55. The topological polar surface area (TPSA) is 78.5 Å². The molecule has 0 atom stereocenters. The van der Waals surface area contributed by atoms with Gasteiger partial charge in [0.05, 0.1) is 4.90 Å². The summed E-state index contributed by atoms with van der Waals surface area (Å²) in [5.74, 6) is -0.185. The Balaban J connectivity index is 1.83. The molecule has 0 heterocycles. The molecule has 0 spiro atoms. The van der Waals surface area contributed by atoms with Gasteiger partial charge in [0, 0.05) is 18.7 Å². The van der Waals surface area contributed by atoms with E-state index in [-0.39, 0.29) is 10.8 Å². The van der Waals surface area contributed by atoms with Crippen LogP contribution >= 0.6 is 0 Å². The zero-order chi connectivity index (χ0) is 19.7. The highest BCUT2D eigenvalue weighted by molar-refractivity contribution is 7.89. The fourth-order valence-electron chi connectivity index (χ4n) is 3.05. The van der Waals surface area contributed by atoms with Crippen molar-refractivity contribution in [2.45, 2.75) is 43.4 Å². The van der Waals surface area contributed by atoms with Crippen LogP contribution in [0.2, 0.25) is 0 Å². The summed E-state index contributed by atoms with van der Waals surface area (Å²) >= 11 is 0. The van der Waals surface area contributed by atoms with Gasteiger partial charge in [0.1, 0.15) is 0 Å². The monoisotopic (exact) mass is 393 g/mol. The molecular weight excluding hydrogens is 362 g/mol. The van der Waals surface area contributed by atoms with Crippen molar-refractivity contribution in [3.8, 4) is 0 Å². The third kappa shape index (κ3) is 7.44. The number of nitrogens with one attached hydrogen (secondary N) is 2. The molecule has 1 amide bonds. The second-order valence-electron chi connectivity index (χ2n) is 7.19. The maximum atomic E-state index is 12.4. The van der Waals surface area contributed by atoms with Gasteiger partial charge in [0.2, 0.25) is 10.0 Å². The lowest BCUT2D eigenvalue weighted by atomic mass is 9.97. The third-order valence-corrected chi connectivity index (χ3v) is 6.09. The van der Waals surface area contributed by atoms with E-state index in [0.29, 0.717) is 18.7 Å². The number of allylic oxidation sites excluding steroid dienone is 1. The standard InChI is InChI=1S/C20H31N3O3S/c1-23(2)16-6-14-21-20(24)18-9-11-19(12-10-18)27(25,26)22-15-13-17-7-4-3-5-8-17/h7,9-12,22H,3-6,8,13-16H2,1-2H3,(H,21,24). The second-order valence-corrected chi connectivity index (χ2v) is 8.96. The Morgan fingerprint density at radius 1 is 1.11 bits per heavy atom. The van der Waals surface area contributed by atoms with E-state index in [1.165, 1.54) is 30.5 Å². The first-order valence-electron chi connectivity index (χ1n) is 9.59. The lowest BCUT2D eigenvalue weighted by Crippen LogP contribution is -2.27. The molecule has 0 radical (unpaired) electrons. The fraction of sp³-hybridized carbons (Fsp3) is 0.550. The largest absolute Gasteiger partial charge is 0.352 e. The van der Waals surface area contributed by atoms with Gasteiger partial charge in [-0.25, -0.2) is 13.1 Å². The Labute approximate surface area is 163 Å². The number of hydrogen-bond acceptors (Lipinski definition) is 4. The Kier molecular flexibility index (Phi) is 8.47. The molecule has 0 saturated heterocycles. The van der Waals surface area contributed by atoms with Crippen LogP contribution in [0, 0.1) is 0 Å². The van der Waals surface area contributed by atoms with Crippen LogP contribution in [0.3, 0.4) is 0 Å².